The zero-order chi connectivity index (χ0) is 15.0. The minimum absolute atomic E-state index is 0.0199. The van der Waals surface area contributed by atoms with E-state index < -0.39 is 12.1 Å². The van der Waals surface area contributed by atoms with Crippen molar-refractivity contribution in [3.05, 3.63) is 35.4 Å². The number of aliphatic hydroxyl groups is 1. The van der Waals surface area contributed by atoms with Gasteiger partial charge in [-0.15, -0.1) is 0 Å². The van der Waals surface area contributed by atoms with E-state index in [-0.39, 0.29) is 19.0 Å². The van der Waals surface area contributed by atoms with Crippen molar-refractivity contribution in [2.24, 2.45) is 0 Å². The van der Waals surface area contributed by atoms with E-state index in [9.17, 15) is 9.59 Å². The molecule has 0 bridgehead atoms. The first-order valence-corrected chi connectivity index (χ1v) is 6.53. The maximum atomic E-state index is 11.4. The quantitative estimate of drug-likeness (QED) is 0.596. The lowest BCUT2D eigenvalue weighted by atomic mass is 10.1. The Morgan fingerprint density at radius 3 is 2.30 bits per heavy atom. The van der Waals surface area contributed by atoms with Crippen LogP contribution in [0.15, 0.2) is 24.3 Å². The molecule has 0 aliphatic rings. The van der Waals surface area contributed by atoms with Gasteiger partial charge in [0.15, 0.2) is 6.10 Å². The van der Waals surface area contributed by atoms with E-state index in [1.807, 2.05) is 24.3 Å². The van der Waals surface area contributed by atoms with Crippen molar-refractivity contribution < 1.29 is 19.8 Å². The Hall–Kier alpha value is -2.08. The lowest BCUT2D eigenvalue weighted by Gasteiger charge is -2.09. The van der Waals surface area contributed by atoms with Crippen molar-refractivity contribution in [3.63, 3.8) is 0 Å². The van der Waals surface area contributed by atoms with E-state index in [0.29, 0.717) is 6.54 Å². The molecule has 1 aromatic carbocycles. The van der Waals surface area contributed by atoms with E-state index in [2.05, 4.69) is 17.6 Å². The molecule has 0 aromatic heterocycles. The Kier molecular flexibility index (Phi) is 6.52. The molecule has 6 heteroatoms. The summed E-state index contributed by atoms with van der Waals surface area (Å²) in [6.45, 7) is 2.58. The number of carbonyl (C=O) groups is 2. The Morgan fingerprint density at radius 1 is 1.15 bits per heavy atom. The molecule has 0 saturated heterocycles. The first-order chi connectivity index (χ1) is 9.52. The molecular weight excluding hydrogens is 260 g/mol. The highest BCUT2D eigenvalue weighted by Gasteiger charge is 2.12. The number of nitrogens with one attached hydrogen (secondary N) is 2. The molecule has 110 valence electrons. The smallest absolute Gasteiger partial charge is 0.332 e. The highest BCUT2D eigenvalue weighted by atomic mass is 16.4. The number of aliphatic hydroxyl groups excluding tert-OH is 1. The van der Waals surface area contributed by atoms with Gasteiger partial charge < -0.3 is 20.8 Å². The maximum Gasteiger partial charge on any atom is 0.332 e. The average Bonchev–Trinajstić information content (AvgIpc) is 2.45. The van der Waals surface area contributed by atoms with Crippen LogP contribution < -0.4 is 10.6 Å². The summed E-state index contributed by atoms with van der Waals surface area (Å²) in [4.78, 5) is 21.8. The van der Waals surface area contributed by atoms with Crippen LogP contribution in [0.3, 0.4) is 0 Å². The van der Waals surface area contributed by atoms with Gasteiger partial charge in [-0.3, -0.25) is 0 Å². The number of hydrogen-bond acceptors (Lipinski definition) is 3. The molecule has 0 spiro atoms. The number of carboxylic acid groups (broad SMARTS) is 1. The van der Waals surface area contributed by atoms with Crippen molar-refractivity contribution in [2.45, 2.75) is 32.4 Å². The third-order valence-electron chi connectivity index (χ3n) is 2.87. The third kappa shape index (κ3) is 5.71. The van der Waals surface area contributed by atoms with Crippen LogP contribution in [0, 0.1) is 0 Å². The predicted molar refractivity (Wildman–Crippen MR) is 74.3 cm³/mol. The number of benzene rings is 1. The minimum atomic E-state index is -1.45. The molecule has 0 aliphatic heterocycles. The van der Waals surface area contributed by atoms with Crippen molar-refractivity contribution >= 4 is 12.0 Å². The summed E-state index contributed by atoms with van der Waals surface area (Å²) in [5.74, 6) is -1.29. The number of aliphatic carboxylic acids is 1. The molecule has 1 rings (SSSR count). The fourth-order valence-electron chi connectivity index (χ4n) is 1.58. The Labute approximate surface area is 117 Å². The molecule has 0 fully saturated rings. The predicted octanol–water partition coefficient (Wildman–Crippen LogP) is 0.884. The molecule has 1 atom stereocenters. The molecule has 1 unspecified atom stereocenters. The first kappa shape index (κ1) is 16.0. The summed E-state index contributed by atoms with van der Waals surface area (Å²) < 4.78 is 0. The lowest BCUT2D eigenvalue weighted by Crippen LogP contribution is -2.37. The second kappa shape index (κ2) is 8.16. The van der Waals surface area contributed by atoms with E-state index in [1.165, 1.54) is 5.56 Å². The molecule has 0 radical (unpaired) electrons. The molecule has 6 nitrogen and oxygen atoms in total. The van der Waals surface area contributed by atoms with E-state index in [0.717, 1.165) is 12.0 Å². The summed E-state index contributed by atoms with van der Waals surface area (Å²) in [6, 6.07) is 7.54. The zero-order valence-electron chi connectivity index (χ0n) is 11.4. The molecule has 2 amide bonds. The van der Waals surface area contributed by atoms with Gasteiger partial charge in [0.1, 0.15) is 0 Å². The van der Waals surface area contributed by atoms with Crippen LogP contribution in [-0.4, -0.2) is 34.9 Å². The van der Waals surface area contributed by atoms with Gasteiger partial charge in [0.05, 0.1) is 0 Å². The highest BCUT2D eigenvalue weighted by molar-refractivity contribution is 5.74. The molecule has 0 heterocycles. The summed E-state index contributed by atoms with van der Waals surface area (Å²) in [5, 5.41) is 22.6. The second-order valence-electron chi connectivity index (χ2n) is 4.42. The van der Waals surface area contributed by atoms with Crippen molar-refractivity contribution in [3.8, 4) is 0 Å². The number of aryl methyl sites for hydroxylation is 1. The van der Waals surface area contributed by atoms with Crippen molar-refractivity contribution in [1.82, 2.24) is 10.6 Å². The van der Waals surface area contributed by atoms with Gasteiger partial charge in [0, 0.05) is 19.5 Å². The topological polar surface area (TPSA) is 98.7 Å². The fourth-order valence-corrected chi connectivity index (χ4v) is 1.58. The molecular formula is C14H20N2O4. The maximum absolute atomic E-state index is 11.4. The SMILES string of the molecule is CCc1ccc(CNC(=O)NCCC(O)C(=O)O)cc1. The van der Waals surface area contributed by atoms with Gasteiger partial charge in [-0.05, 0) is 17.5 Å². The molecule has 4 N–H and O–H groups in total. The number of urea groups is 1. The Morgan fingerprint density at radius 2 is 1.75 bits per heavy atom. The number of amides is 2. The summed E-state index contributed by atoms with van der Waals surface area (Å²) >= 11 is 0. The largest absolute Gasteiger partial charge is 0.479 e. The van der Waals surface area contributed by atoms with Crippen LogP contribution in [0.25, 0.3) is 0 Å². The van der Waals surface area contributed by atoms with Crippen molar-refractivity contribution in [1.29, 1.82) is 0 Å². The lowest BCUT2D eigenvalue weighted by molar-refractivity contribution is -0.146. The van der Waals surface area contributed by atoms with Crippen LogP contribution in [0.5, 0.6) is 0 Å². The summed E-state index contributed by atoms with van der Waals surface area (Å²) in [7, 11) is 0. The van der Waals surface area contributed by atoms with E-state index in [1.54, 1.807) is 0 Å². The molecule has 0 aliphatic carbocycles. The second-order valence-corrected chi connectivity index (χ2v) is 4.42. The van der Waals surface area contributed by atoms with Crippen LogP contribution in [0.2, 0.25) is 0 Å². The van der Waals surface area contributed by atoms with Gasteiger partial charge in [-0.25, -0.2) is 9.59 Å². The van der Waals surface area contributed by atoms with Crippen LogP contribution >= 0.6 is 0 Å². The highest BCUT2D eigenvalue weighted by Crippen LogP contribution is 2.04. The monoisotopic (exact) mass is 280 g/mol. The van der Waals surface area contributed by atoms with Gasteiger partial charge in [-0.1, -0.05) is 31.2 Å². The zero-order valence-corrected chi connectivity index (χ0v) is 11.4. The molecule has 0 saturated carbocycles. The summed E-state index contributed by atoms with van der Waals surface area (Å²) in [5.41, 5.74) is 2.23. The van der Waals surface area contributed by atoms with Crippen LogP contribution in [0.1, 0.15) is 24.5 Å². The number of rotatable bonds is 7. The number of hydrogen-bond donors (Lipinski definition) is 4. The van der Waals surface area contributed by atoms with Crippen LogP contribution in [0.4, 0.5) is 4.79 Å². The number of carbonyl (C=O) groups excluding carboxylic acids is 1. The van der Waals surface area contributed by atoms with Gasteiger partial charge in [0.25, 0.3) is 0 Å². The van der Waals surface area contributed by atoms with Gasteiger partial charge >= 0.3 is 12.0 Å². The van der Waals surface area contributed by atoms with Gasteiger partial charge in [0.2, 0.25) is 0 Å². The fraction of sp³-hybridized carbons (Fsp3) is 0.429. The van der Waals surface area contributed by atoms with E-state index in [4.69, 9.17) is 10.2 Å². The molecule has 20 heavy (non-hydrogen) atoms. The normalized spacial score (nSPS) is 11.7. The first-order valence-electron chi connectivity index (χ1n) is 6.53. The third-order valence-corrected chi connectivity index (χ3v) is 2.87. The summed E-state index contributed by atoms with van der Waals surface area (Å²) in [6.07, 6.45) is -0.495. The van der Waals surface area contributed by atoms with E-state index >= 15 is 0 Å². The molecule has 1 aromatic rings. The Balaban J connectivity index is 2.23. The minimum Gasteiger partial charge on any atom is -0.479 e. The standard InChI is InChI=1S/C14H20N2O4/c1-2-10-3-5-11(6-4-10)9-16-14(20)15-8-7-12(17)13(18)19/h3-6,12,17H,2,7-9H2,1H3,(H,18,19)(H2,15,16,20). The van der Waals surface area contributed by atoms with Crippen molar-refractivity contribution in [2.75, 3.05) is 6.54 Å². The Bertz CT molecular complexity index is 445. The van der Waals surface area contributed by atoms with Crippen LogP contribution in [-0.2, 0) is 17.8 Å². The van der Waals surface area contributed by atoms with Gasteiger partial charge in [-0.2, -0.15) is 0 Å². The number of carboxylic acids is 1. The average molecular weight is 280 g/mol.